The van der Waals surface area contributed by atoms with E-state index in [0.717, 1.165) is 17.7 Å². The number of carbonyl (C=O) groups excluding carboxylic acids is 1. The average Bonchev–Trinajstić information content (AvgIpc) is 2.84. The van der Waals surface area contributed by atoms with Gasteiger partial charge in [-0.05, 0) is 37.6 Å². The Labute approximate surface area is 124 Å². The number of nitrogens with zero attached hydrogens (tertiary/aromatic N) is 1. The van der Waals surface area contributed by atoms with Crippen LogP contribution in [0.5, 0.6) is 5.75 Å². The molecule has 1 heterocycles. The van der Waals surface area contributed by atoms with Gasteiger partial charge in [-0.1, -0.05) is 12.2 Å². The molecule has 5 heteroatoms. The van der Waals surface area contributed by atoms with Gasteiger partial charge in [0.05, 0.1) is 11.6 Å². The lowest BCUT2D eigenvalue weighted by Gasteiger charge is -2.27. The molecule has 1 aromatic rings. The molecule has 1 aliphatic heterocycles. The highest BCUT2D eigenvalue weighted by Crippen LogP contribution is 2.26. The van der Waals surface area contributed by atoms with E-state index in [2.05, 4.69) is 0 Å². The lowest BCUT2D eigenvalue weighted by Crippen LogP contribution is -2.39. The molecule has 0 bridgehead atoms. The molecule has 4 nitrogen and oxygen atoms in total. The average molecular weight is 292 g/mol. The van der Waals surface area contributed by atoms with Crippen molar-refractivity contribution in [3.05, 3.63) is 29.3 Å². The number of hydrogen-bond acceptors (Lipinski definition) is 3. The zero-order valence-electron chi connectivity index (χ0n) is 11.9. The fourth-order valence-corrected chi connectivity index (χ4v) is 2.40. The number of fused-ring (bicyclic) bond motifs is 1. The van der Waals surface area contributed by atoms with Crippen molar-refractivity contribution in [2.75, 3.05) is 13.2 Å². The molecular formula is C15H20N2O2S. The standard InChI is InChI=1S/C15H20N2O2S/c1-10(2)17(7-5-14(16)20)15(18)12-3-4-13-11(9-12)6-8-19-13/h3-4,9-10H,5-8H2,1-2H3,(H2,16,20). The van der Waals surface area contributed by atoms with E-state index in [1.807, 2.05) is 32.0 Å². The predicted octanol–water partition coefficient (Wildman–Crippen LogP) is 2.15. The van der Waals surface area contributed by atoms with Crippen LogP contribution in [0, 0.1) is 0 Å². The lowest BCUT2D eigenvalue weighted by molar-refractivity contribution is 0.0711. The van der Waals surface area contributed by atoms with E-state index in [4.69, 9.17) is 22.7 Å². The van der Waals surface area contributed by atoms with Gasteiger partial charge in [0.25, 0.3) is 5.91 Å². The Hall–Kier alpha value is -1.62. The number of ether oxygens (including phenoxy) is 1. The fourth-order valence-electron chi connectivity index (χ4n) is 2.31. The van der Waals surface area contributed by atoms with E-state index in [-0.39, 0.29) is 11.9 Å². The number of nitrogens with two attached hydrogens (primary N) is 1. The minimum Gasteiger partial charge on any atom is -0.493 e. The number of carbonyl (C=O) groups is 1. The van der Waals surface area contributed by atoms with Crippen molar-refractivity contribution in [3.63, 3.8) is 0 Å². The molecule has 0 fully saturated rings. The first-order valence-corrected chi connectivity index (χ1v) is 7.25. The molecular weight excluding hydrogens is 272 g/mol. The Morgan fingerprint density at radius 1 is 1.50 bits per heavy atom. The summed E-state index contributed by atoms with van der Waals surface area (Å²) < 4.78 is 5.46. The van der Waals surface area contributed by atoms with Gasteiger partial charge >= 0.3 is 0 Å². The summed E-state index contributed by atoms with van der Waals surface area (Å²) in [4.78, 5) is 14.8. The summed E-state index contributed by atoms with van der Waals surface area (Å²) in [5.41, 5.74) is 7.34. The smallest absolute Gasteiger partial charge is 0.254 e. The predicted molar refractivity (Wildman–Crippen MR) is 83.2 cm³/mol. The van der Waals surface area contributed by atoms with Crippen molar-refractivity contribution in [1.29, 1.82) is 0 Å². The second-order valence-electron chi connectivity index (χ2n) is 5.23. The number of rotatable bonds is 5. The molecule has 0 aliphatic carbocycles. The maximum atomic E-state index is 12.6. The highest BCUT2D eigenvalue weighted by Gasteiger charge is 2.21. The minimum atomic E-state index is 0.0194. The second-order valence-corrected chi connectivity index (χ2v) is 5.75. The van der Waals surface area contributed by atoms with E-state index in [1.54, 1.807) is 4.90 Å². The van der Waals surface area contributed by atoms with Crippen LogP contribution in [0.25, 0.3) is 0 Å². The first-order valence-electron chi connectivity index (χ1n) is 6.84. The number of amides is 1. The first-order chi connectivity index (χ1) is 9.49. The molecule has 2 N–H and O–H groups in total. The zero-order chi connectivity index (χ0) is 14.7. The lowest BCUT2D eigenvalue weighted by atomic mass is 10.1. The van der Waals surface area contributed by atoms with Crippen LogP contribution < -0.4 is 10.5 Å². The molecule has 108 valence electrons. The van der Waals surface area contributed by atoms with E-state index in [0.29, 0.717) is 30.1 Å². The maximum absolute atomic E-state index is 12.6. The molecule has 20 heavy (non-hydrogen) atoms. The Kier molecular flexibility index (Phi) is 4.60. The Morgan fingerprint density at radius 3 is 2.90 bits per heavy atom. The number of benzene rings is 1. The second kappa shape index (κ2) is 6.22. The normalized spacial score (nSPS) is 12.9. The summed E-state index contributed by atoms with van der Waals surface area (Å²) in [6.45, 7) is 5.24. The van der Waals surface area contributed by atoms with Gasteiger partial charge in [-0.3, -0.25) is 4.79 Å². The summed E-state index contributed by atoms with van der Waals surface area (Å²) in [6.07, 6.45) is 1.42. The van der Waals surface area contributed by atoms with Crippen molar-refractivity contribution < 1.29 is 9.53 Å². The summed E-state index contributed by atoms with van der Waals surface area (Å²) in [5.74, 6) is 0.909. The van der Waals surface area contributed by atoms with Crippen molar-refractivity contribution >= 4 is 23.1 Å². The van der Waals surface area contributed by atoms with Crippen LogP contribution in [-0.4, -0.2) is 35.0 Å². The third-order valence-electron chi connectivity index (χ3n) is 3.42. The van der Waals surface area contributed by atoms with Crippen molar-refractivity contribution in [2.45, 2.75) is 32.7 Å². The summed E-state index contributed by atoms with van der Waals surface area (Å²) >= 11 is 4.89. The topological polar surface area (TPSA) is 55.6 Å². The molecule has 1 aliphatic rings. The summed E-state index contributed by atoms with van der Waals surface area (Å²) in [7, 11) is 0. The van der Waals surface area contributed by atoms with Gasteiger partial charge < -0.3 is 15.4 Å². The summed E-state index contributed by atoms with van der Waals surface area (Å²) in [6, 6.07) is 5.74. The van der Waals surface area contributed by atoms with Crippen LogP contribution in [0.3, 0.4) is 0 Å². The molecule has 0 atom stereocenters. The number of thiocarbonyl (C=S) groups is 1. The van der Waals surface area contributed by atoms with Gasteiger partial charge in [-0.15, -0.1) is 0 Å². The third kappa shape index (κ3) is 3.28. The van der Waals surface area contributed by atoms with E-state index < -0.39 is 0 Å². The molecule has 1 aromatic carbocycles. The van der Waals surface area contributed by atoms with Gasteiger partial charge in [0.1, 0.15) is 5.75 Å². The quantitative estimate of drug-likeness (QED) is 0.845. The molecule has 0 spiro atoms. The van der Waals surface area contributed by atoms with Crippen LogP contribution in [0.1, 0.15) is 36.2 Å². The van der Waals surface area contributed by atoms with E-state index >= 15 is 0 Å². The van der Waals surface area contributed by atoms with Crippen molar-refractivity contribution in [1.82, 2.24) is 4.90 Å². The molecule has 1 amide bonds. The van der Waals surface area contributed by atoms with Gasteiger partial charge in [0, 0.05) is 31.0 Å². The largest absolute Gasteiger partial charge is 0.493 e. The zero-order valence-corrected chi connectivity index (χ0v) is 12.7. The molecule has 0 unspecified atom stereocenters. The Morgan fingerprint density at radius 2 is 2.25 bits per heavy atom. The maximum Gasteiger partial charge on any atom is 0.254 e. The van der Waals surface area contributed by atoms with Crippen LogP contribution in [0.2, 0.25) is 0 Å². The Bertz CT molecular complexity index is 529. The van der Waals surface area contributed by atoms with E-state index in [1.165, 1.54) is 0 Å². The SMILES string of the molecule is CC(C)N(CCC(N)=S)C(=O)c1ccc2c(c1)CCO2. The highest BCUT2D eigenvalue weighted by molar-refractivity contribution is 7.80. The first kappa shape index (κ1) is 14.8. The van der Waals surface area contributed by atoms with Crippen LogP contribution >= 0.6 is 12.2 Å². The monoisotopic (exact) mass is 292 g/mol. The van der Waals surface area contributed by atoms with Gasteiger partial charge in [0.15, 0.2) is 0 Å². The van der Waals surface area contributed by atoms with Crippen LogP contribution in [-0.2, 0) is 6.42 Å². The molecule has 0 aromatic heterocycles. The molecule has 2 rings (SSSR count). The minimum absolute atomic E-state index is 0.0194. The number of hydrogen-bond donors (Lipinski definition) is 1. The molecule has 0 saturated heterocycles. The van der Waals surface area contributed by atoms with Crippen molar-refractivity contribution in [2.24, 2.45) is 5.73 Å². The van der Waals surface area contributed by atoms with E-state index in [9.17, 15) is 4.79 Å². The Balaban J connectivity index is 2.16. The molecule has 0 radical (unpaired) electrons. The van der Waals surface area contributed by atoms with Gasteiger partial charge in [-0.2, -0.15) is 0 Å². The fraction of sp³-hybridized carbons (Fsp3) is 0.467. The molecule has 0 saturated carbocycles. The third-order valence-corrected chi connectivity index (χ3v) is 3.62. The van der Waals surface area contributed by atoms with Crippen molar-refractivity contribution in [3.8, 4) is 5.75 Å². The van der Waals surface area contributed by atoms with Crippen LogP contribution in [0.4, 0.5) is 0 Å². The summed E-state index contributed by atoms with van der Waals surface area (Å²) in [5, 5.41) is 0. The van der Waals surface area contributed by atoms with Crippen LogP contribution in [0.15, 0.2) is 18.2 Å². The highest BCUT2D eigenvalue weighted by atomic mass is 32.1. The van der Waals surface area contributed by atoms with Gasteiger partial charge in [0.2, 0.25) is 0 Å². The van der Waals surface area contributed by atoms with Gasteiger partial charge in [-0.25, -0.2) is 0 Å².